The maximum atomic E-state index is 5.49. The van der Waals surface area contributed by atoms with Gasteiger partial charge in [-0.1, -0.05) is 13.3 Å². The molecule has 2 nitrogen and oxygen atoms in total. The Balaban J connectivity index is 1.86. The lowest BCUT2D eigenvalue weighted by atomic mass is 9.77. The lowest BCUT2D eigenvalue weighted by molar-refractivity contribution is -0.230. The Kier molecular flexibility index (Phi) is 1.46. The van der Waals surface area contributed by atoms with E-state index in [2.05, 4.69) is 6.92 Å². The summed E-state index contributed by atoms with van der Waals surface area (Å²) in [6, 6.07) is 0. The van der Waals surface area contributed by atoms with E-state index in [4.69, 9.17) is 9.47 Å². The fourth-order valence-electron chi connectivity index (χ4n) is 1.84. The van der Waals surface area contributed by atoms with E-state index in [9.17, 15) is 0 Å². The Morgan fingerprint density at radius 3 is 2.40 bits per heavy atom. The topological polar surface area (TPSA) is 18.5 Å². The molecule has 0 aromatic rings. The lowest BCUT2D eigenvalue weighted by Gasteiger charge is -2.42. The zero-order valence-electron chi connectivity index (χ0n) is 6.43. The van der Waals surface area contributed by atoms with Crippen molar-refractivity contribution in [2.45, 2.75) is 32.0 Å². The summed E-state index contributed by atoms with van der Waals surface area (Å²) in [4.78, 5) is 0. The third-order valence-electron chi connectivity index (χ3n) is 2.59. The molecule has 1 aliphatic carbocycles. The second kappa shape index (κ2) is 2.21. The summed E-state index contributed by atoms with van der Waals surface area (Å²) in [5.74, 6) is 0.749. The fourth-order valence-corrected chi connectivity index (χ4v) is 1.84. The van der Waals surface area contributed by atoms with E-state index in [-0.39, 0.29) is 5.79 Å². The summed E-state index contributed by atoms with van der Waals surface area (Å²) >= 11 is 0. The lowest BCUT2D eigenvalue weighted by Crippen LogP contribution is -2.44. The van der Waals surface area contributed by atoms with E-state index in [1.54, 1.807) is 0 Å². The monoisotopic (exact) mass is 142 g/mol. The van der Waals surface area contributed by atoms with Gasteiger partial charge in [0.05, 0.1) is 13.2 Å². The molecule has 58 valence electrons. The first kappa shape index (κ1) is 6.62. The first-order valence-electron chi connectivity index (χ1n) is 4.12. The van der Waals surface area contributed by atoms with Gasteiger partial charge >= 0.3 is 0 Å². The predicted molar refractivity (Wildman–Crippen MR) is 37.6 cm³/mol. The van der Waals surface area contributed by atoms with Gasteiger partial charge in [0.2, 0.25) is 0 Å². The molecule has 1 aliphatic heterocycles. The van der Waals surface area contributed by atoms with Gasteiger partial charge in [-0.3, -0.25) is 0 Å². The molecule has 2 heteroatoms. The van der Waals surface area contributed by atoms with Crippen LogP contribution in [-0.4, -0.2) is 19.0 Å². The van der Waals surface area contributed by atoms with Crippen LogP contribution in [0.2, 0.25) is 0 Å². The summed E-state index contributed by atoms with van der Waals surface area (Å²) in [6.07, 6.45) is 3.53. The molecule has 1 heterocycles. The van der Waals surface area contributed by atoms with Crippen molar-refractivity contribution < 1.29 is 9.47 Å². The van der Waals surface area contributed by atoms with E-state index < -0.39 is 0 Å². The van der Waals surface area contributed by atoms with Crippen molar-refractivity contribution in [3.05, 3.63) is 0 Å². The SMILES string of the molecule is CCC1CC2(C1)OCCO2. The van der Waals surface area contributed by atoms with Crippen molar-refractivity contribution in [3.63, 3.8) is 0 Å². The minimum absolute atomic E-state index is 0.110. The highest BCUT2D eigenvalue weighted by molar-refractivity contribution is 4.89. The van der Waals surface area contributed by atoms with Crippen molar-refractivity contribution in [2.75, 3.05) is 13.2 Å². The third-order valence-corrected chi connectivity index (χ3v) is 2.59. The molecular weight excluding hydrogens is 128 g/mol. The zero-order chi connectivity index (χ0) is 7.03. The van der Waals surface area contributed by atoms with Crippen LogP contribution in [0.4, 0.5) is 0 Å². The maximum absolute atomic E-state index is 5.49. The normalized spacial score (nSPS) is 30.9. The Hall–Kier alpha value is -0.0800. The second-order valence-electron chi connectivity index (χ2n) is 3.29. The van der Waals surface area contributed by atoms with Crippen LogP contribution in [0.3, 0.4) is 0 Å². The van der Waals surface area contributed by atoms with Crippen LogP contribution in [0.1, 0.15) is 26.2 Å². The number of hydrogen-bond acceptors (Lipinski definition) is 2. The van der Waals surface area contributed by atoms with Crippen LogP contribution in [0.25, 0.3) is 0 Å². The van der Waals surface area contributed by atoms with Gasteiger partial charge in [0.1, 0.15) is 0 Å². The molecule has 2 rings (SSSR count). The summed E-state index contributed by atoms with van der Waals surface area (Å²) in [5, 5.41) is 0. The summed E-state index contributed by atoms with van der Waals surface area (Å²) < 4.78 is 11.0. The van der Waals surface area contributed by atoms with Crippen LogP contribution >= 0.6 is 0 Å². The van der Waals surface area contributed by atoms with Crippen molar-refractivity contribution in [3.8, 4) is 0 Å². The maximum Gasteiger partial charge on any atom is 0.169 e. The molecule has 0 atom stereocenters. The molecule has 0 bridgehead atoms. The van der Waals surface area contributed by atoms with Gasteiger partial charge < -0.3 is 9.47 Å². The number of rotatable bonds is 1. The predicted octanol–water partition coefficient (Wildman–Crippen LogP) is 1.55. The Morgan fingerprint density at radius 2 is 1.90 bits per heavy atom. The minimum atomic E-state index is -0.110. The molecule has 0 unspecified atom stereocenters. The summed E-state index contributed by atoms with van der Waals surface area (Å²) in [7, 11) is 0. The summed E-state index contributed by atoms with van der Waals surface area (Å²) in [5.41, 5.74) is 0. The summed E-state index contributed by atoms with van der Waals surface area (Å²) in [6.45, 7) is 3.83. The molecule has 0 radical (unpaired) electrons. The highest BCUT2D eigenvalue weighted by Crippen LogP contribution is 2.45. The van der Waals surface area contributed by atoms with Crippen LogP contribution in [0.5, 0.6) is 0 Å². The van der Waals surface area contributed by atoms with E-state index >= 15 is 0 Å². The van der Waals surface area contributed by atoms with Gasteiger partial charge in [-0.2, -0.15) is 0 Å². The van der Waals surface area contributed by atoms with Gasteiger partial charge in [0.15, 0.2) is 5.79 Å². The number of ether oxygens (including phenoxy) is 2. The second-order valence-corrected chi connectivity index (χ2v) is 3.29. The molecule has 0 amide bonds. The van der Waals surface area contributed by atoms with Gasteiger partial charge in [-0.05, 0) is 5.92 Å². The molecule has 0 aromatic carbocycles. The Labute approximate surface area is 61.5 Å². The van der Waals surface area contributed by atoms with Gasteiger partial charge in [-0.25, -0.2) is 0 Å². The molecular formula is C8H14O2. The molecule has 1 saturated carbocycles. The van der Waals surface area contributed by atoms with Crippen LogP contribution in [0, 0.1) is 5.92 Å². The largest absolute Gasteiger partial charge is 0.348 e. The van der Waals surface area contributed by atoms with E-state index in [0.29, 0.717) is 0 Å². The first-order chi connectivity index (χ1) is 4.85. The van der Waals surface area contributed by atoms with Gasteiger partial charge in [0, 0.05) is 12.8 Å². The van der Waals surface area contributed by atoms with Crippen LogP contribution < -0.4 is 0 Å². The Morgan fingerprint density at radius 1 is 1.30 bits per heavy atom. The van der Waals surface area contributed by atoms with Crippen molar-refractivity contribution >= 4 is 0 Å². The quantitative estimate of drug-likeness (QED) is 0.553. The standard InChI is InChI=1S/C8H14O2/c1-2-7-5-8(6-7)9-3-4-10-8/h7H,2-6H2,1H3. The third kappa shape index (κ3) is 0.867. The van der Waals surface area contributed by atoms with E-state index in [1.807, 2.05) is 0 Å². The van der Waals surface area contributed by atoms with Crippen molar-refractivity contribution in [1.29, 1.82) is 0 Å². The van der Waals surface area contributed by atoms with E-state index in [1.165, 1.54) is 6.42 Å². The van der Waals surface area contributed by atoms with Gasteiger partial charge in [0.25, 0.3) is 0 Å². The molecule has 10 heavy (non-hydrogen) atoms. The molecule has 1 spiro atoms. The zero-order valence-corrected chi connectivity index (χ0v) is 6.43. The fraction of sp³-hybridized carbons (Fsp3) is 1.00. The molecule has 2 fully saturated rings. The smallest absolute Gasteiger partial charge is 0.169 e. The molecule has 1 saturated heterocycles. The van der Waals surface area contributed by atoms with Crippen LogP contribution in [-0.2, 0) is 9.47 Å². The van der Waals surface area contributed by atoms with Gasteiger partial charge in [-0.15, -0.1) is 0 Å². The molecule has 2 aliphatic rings. The number of hydrogen-bond donors (Lipinski definition) is 0. The van der Waals surface area contributed by atoms with Crippen molar-refractivity contribution in [2.24, 2.45) is 5.92 Å². The van der Waals surface area contributed by atoms with E-state index in [0.717, 1.165) is 32.0 Å². The average molecular weight is 142 g/mol. The van der Waals surface area contributed by atoms with Crippen LogP contribution in [0.15, 0.2) is 0 Å². The van der Waals surface area contributed by atoms with Crippen molar-refractivity contribution in [1.82, 2.24) is 0 Å². The highest BCUT2D eigenvalue weighted by atomic mass is 16.7. The average Bonchev–Trinajstić information content (AvgIpc) is 2.30. The Bertz CT molecular complexity index is 119. The highest BCUT2D eigenvalue weighted by Gasteiger charge is 2.47. The first-order valence-corrected chi connectivity index (χ1v) is 4.12. The molecule has 0 aromatic heterocycles. The minimum Gasteiger partial charge on any atom is -0.348 e. The molecule has 0 N–H and O–H groups in total.